The van der Waals surface area contributed by atoms with E-state index in [1.807, 2.05) is 6.20 Å². The second-order valence-electron chi connectivity index (χ2n) is 2.75. The van der Waals surface area contributed by atoms with Gasteiger partial charge in [0.2, 0.25) is 0 Å². The normalized spacial score (nSPS) is 12.2. The highest BCUT2D eigenvalue weighted by Gasteiger charge is 1.93. The number of allylic oxidation sites excluding steroid dienone is 1. The number of hydrogen-bond acceptors (Lipinski definition) is 2. The molecule has 0 aromatic heterocycles. The van der Waals surface area contributed by atoms with Gasteiger partial charge in [0, 0.05) is 18.4 Å². The van der Waals surface area contributed by atoms with E-state index in [2.05, 4.69) is 26.1 Å². The summed E-state index contributed by atoms with van der Waals surface area (Å²) in [5.41, 5.74) is 6.58. The van der Waals surface area contributed by atoms with E-state index in [1.54, 1.807) is 0 Å². The van der Waals surface area contributed by atoms with E-state index < -0.39 is 0 Å². The molecule has 0 spiro atoms. The molecule has 0 amide bonds. The summed E-state index contributed by atoms with van der Waals surface area (Å²) in [6.45, 7) is 7.30. The van der Waals surface area contributed by atoms with Crippen LogP contribution in [0.15, 0.2) is 11.9 Å². The van der Waals surface area contributed by atoms with Crippen molar-refractivity contribution in [3.05, 3.63) is 11.9 Å². The molecule has 60 valence electrons. The molecule has 0 saturated heterocycles. The van der Waals surface area contributed by atoms with Crippen molar-refractivity contribution in [1.82, 2.24) is 5.32 Å². The summed E-state index contributed by atoms with van der Waals surface area (Å²) in [6.07, 6.45) is 3.04. The van der Waals surface area contributed by atoms with Crippen LogP contribution in [-0.4, -0.2) is 6.54 Å². The number of rotatable bonds is 4. The fourth-order valence-electron chi connectivity index (χ4n) is 0.501. The van der Waals surface area contributed by atoms with Gasteiger partial charge in [0.05, 0.1) is 0 Å². The van der Waals surface area contributed by atoms with Crippen LogP contribution in [0.5, 0.6) is 0 Å². The van der Waals surface area contributed by atoms with Crippen LogP contribution < -0.4 is 11.1 Å². The van der Waals surface area contributed by atoms with Crippen LogP contribution in [0.25, 0.3) is 0 Å². The van der Waals surface area contributed by atoms with Gasteiger partial charge in [-0.3, -0.25) is 0 Å². The maximum Gasteiger partial charge on any atom is 0.0266 e. The Labute approximate surface area is 63.5 Å². The van der Waals surface area contributed by atoms with Gasteiger partial charge < -0.3 is 11.1 Å². The topological polar surface area (TPSA) is 38.0 Å². The maximum atomic E-state index is 5.66. The van der Waals surface area contributed by atoms with Gasteiger partial charge in [-0.15, -0.1) is 0 Å². The lowest BCUT2D eigenvalue weighted by Gasteiger charge is -2.05. The summed E-state index contributed by atoms with van der Waals surface area (Å²) < 4.78 is 0. The maximum absolute atomic E-state index is 5.66. The van der Waals surface area contributed by atoms with Crippen LogP contribution in [0.2, 0.25) is 0 Å². The molecule has 3 N–H and O–H groups in total. The van der Waals surface area contributed by atoms with E-state index in [1.165, 1.54) is 0 Å². The quantitative estimate of drug-likeness (QED) is 0.583. The van der Waals surface area contributed by atoms with Crippen molar-refractivity contribution in [3.8, 4) is 0 Å². The number of hydrogen-bond donors (Lipinski definition) is 2. The Hall–Kier alpha value is -0.660. The van der Waals surface area contributed by atoms with Gasteiger partial charge in [0.1, 0.15) is 0 Å². The van der Waals surface area contributed by atoms with E-state index in [0.717, 1.165) is 18.7 Å². The van der Waals surface area contributed by atoms with Gasteiger partial charge in [-0.2, -0.15) is 0 Å². The highest BCUT2D eigenvalue weighted by Crippen LogP contribution is 1.99. The third-order valence-corrected chi connectivity index (χ3v) is 1.33. The van der Waals surface area contributed by atoms with Crippen molar-refractivity contribution >= 4 is 0 Å². The highest BCUT2D eigenvalue weighted by molar-refractivity contribution is 4.97. The first-order valence-corrected chi connectivity index (χ1v) is 3.87. The Balaban J connectivity index is 3.48. The minimum Gasteiger partial charge on any atom is -0.401 e. The molecule has 0 unspecified atom stereocenters. The smallest absolute Gasteiger partial charge is 0.0266 e. The Morgan fingerprint density at radius 1 is 1.60 bits per heavy atom. The lowest BCUT2D eigenvalue weighted by Crippen LogP contribution is -2.13. The van der Waals surface area contributed by atoms with E-state index >= 15 is 0 Å². The minimum absolute atomic E-state index is 0.448. The molecule has 0 heterocycles. The first-order chi connectivity index (χ1) is 4.68. The number of nitrogens with one attached hydrogen (secondary N) is 1. The molecule has 2 heteroatoms. The summed E-state index contributed by atoms with van der Waals surface area (Å²) in [5, 5.41) is 3.13. The third kappa shape index (κ3) is 4.24. The lowest BCUT2D eigenvalue weighted by atomic mass is 10.2. The lowest BCUT2D eigenvalue weighted by molar-refractivity contribution is 0.725. The molecule has 10 heavy (non-hydrogen) atoms. The molecule has 0 aromatic carbocycles. The van der Waals surface area contributed by atoms with Crippen LogP contribution in [0.1, 0.15) is 27.2 Å². The van der Waals surface area contributed by atoms with Gasteiger partial charge >= 0.3 is 0 Å². The summed E-state index contributed by atoms with van der Waals surface area (Å²) in [5.74, 6) is 0.448. The molecule has 0 saturated carbocycles. The minimum atomic E-state index is 0.448. The Morgan fingerprint density at radius 3 is 2.60 bits per heavy atom. The molecule has 0 bridgehead atoms. The average Bonchev–Trinajstić information content (AvgIpc) is 1.88. The SMILES string of the molecule is CCCN/C=C(\N)C(C)C. The van der Waals surface area contributed by atoms with Gasteiger partial charge in [-0.05, 0) is 12.3 Å². The fraction of sp³-hybridized carbons (Fsp3) is 0.750. The van der Waals surface area contributed by atoms with Crippen molar-refractivity contribution < 1.29 is 0 Å². The summed E-state index contributed by atoms with van der Waals surface area (Å²) >= 11 is 0. The van der Waals surface area contributed by atoms with Gasteiger partial charge in [0.25, 0.3) is 0 Å². The second-order valence-corrected chi connectivity index (χ2v) is 2.75. The predicted molar refractivity (Wildman–Crippen MR) is 45.4 cm³/mol. The molecule has 2 nitrogen and oxygen atoms in total. The largest absolute Gasteiger partial charge is 0.401 e. The molecular formula is C8H18N2. The third-order valence-electron chi connectivity index (χ3n) is 1.33. The van der Waals surface area contributed by atoms with Crippen molar-refractivity contribution in [1.29, 1.82) is 0 Å². The number of nitrogens with two attached hydrogens (primary N) is 1. The highest BCUT2D eigenvalue weighted by atomic mass is 14.8. The fourth-order valence-corrected chi connectivity index (χ4v) is 0.501. The second kappa shape index (κ2) is 5.15. The molecule has 0 radical (unpaired) electrons. The van der Waals surface area contributed by atoms with Crippen LogP contribution in [0, 0.1) is 5.92 Å². The van der Waals surface area contributed by atoms with Gasteiger partial charge in [-0.25, -0.2) is 0 Å². The molecule has 0 aromatic rings. The first-order valence-electron chi connectivity index (χ1n) is 3.87. The molecule has 0 rings (SSSR count). The Kier molecular flexibility index (Phi) is 4.81. The molecule has 0 fully saturated rings. The molecule has 0 aliphatic rings. The van der Waals surface area contributed by atoms with Crippen LogP contribution >= 0.6 is 0 Å². The molecule has 0 atom stereocenters. The van der Waals surface area contributed by atoms with Crippen LogP contribution in [0.4, 0.5) is 0 Å². The summed E-state index contributed by atoms with van der Waals surface area (Å²) in [4.78, 5) is 0. The average molecular weight is 142 g/mol. The zero-order chi connectivity index (χ0) is 7.98. The van der Waals surface area contributed by atoms with Crippen molar-refractivity contribution in [2.24, 2.45) is 11.7 Å². The van der Waals surface area contributed by atoms with E-state index in [4.69, 9.17) is 5.73 Å². The zero-order valence-electron chi connectivity index (χ0n) is 7.15. The Bertz CT molecular complexity index is 106. The molecule has 0 aliphatic heterocycles. The van der Waals surface area contributed by atoms with Gasteiger partial charge in [0.15, 0.2) is 0 Å². The zero-order valence-corrected chi connectivity index (χ0v) is 7.15. The summed E-state index contributed by atoms with van der Waals surface area (Å²) in [7, 11) is 0. The van der Waals surface area contributed by atoms with E-state index in [-0.39, 0.29) is 0 Å². The molecular weight excluding hydrogens is 124 g/mol. The predicted octanol–water partition coefficient (Wildman–Crippen LogP) is 1.44. The van der Waals surface area contributed by atoms with Crippen LogP contribution in [0.3, 0.4) is 0 Å². The standard InChI is InChI=1S/C8H18N2/c1-4-5-10-6-8(9)7(2)3/h6-7,10H,4-5,9H2,1-3H3/b8-6-. The van der Waals surface area contributed by atoms with Crippen molar-refractivity contribution in [2.75, 3.05) is 6.54 Å². The Morgan fingerprint density at radius 2 is 2.20 bits per heavy atom. The van der Waals surface area contributed by atoms with Gasteiger partial charge in [-0.1, -0.05) is 20.8 Å². The van der Waals surface area contributed by atoms with Crippen LogP contribution in [-0.2, 0) is 0 Å². The van der Waals surface area contributed by atoms with Crippen molar-refractivity contribution in [3.63, 3.8) is 0 Å². The van der Waals surface area contributed by atoms with E-state index in [9.17, 15) is 0 Å². The summed E-state index contributed by atoms with van der Waals surface area (Å²) in [6, 6.07) is 0. The van der Waals surface area contributed by atoms with E-state index in [0.29, 0.717) is 5.92 Å². The molecule has 0 aliphatic carbocycles. The van der Waals surface area contributed by atoms with Crippen molar-refractivity contribution in [2.45, 2.75) is 27.2 Å². The first kappa shape index (κ1) is 9.34. The monoisotopic (exact) mass is 142 g/mol.